The second-order valence-corrected chi connectivity index (χ2v) is 5.87. The number of aliphatic hydroxyl groups excluding tert-OH is 1. The van der Waals surface area contributed by atoms with Crippen LogP contribution >= 0.6 is 11.3 Å². The Morgan fingerprint density at radius 2 is 2.39 bits per heavy atom. The van der Waals surface area contributed by atoms with E-state index in [4.69, 9.17) is 7.85 Å². The molecule has 18 heavy (non-hydrogen) atoms. The van der Waals surface area contributed by atoms with Gasteiger partial charge in [0.05, 0.1) is 14.0 Å². The summed E-state index contributed by atoms with van der Waals surface area (Å²) in [7, 11) is 5.50. The summed E-state index contributed by atoms with van der Waals surface area (Å²) in [6.45, 7) is 2.24. The maximum absolute atomic E-state index is 10.1. The molecule has 1 aromatic rings. The van der Waals surface area contributed by atoms with Crippen LogP contribution < -0.4 is 0 Å². The van der Waals surface area contributed by atoms with Gasteiger partial charge in [0.15, 0.2) is 0 Å². The van der Waals surface area contributed by atoms with E-state index in [9.17, 15) is 5.11 Å². The van der Waals surface area contributed by atoms with Crippen LogP contribution in [-0.4, -0.2) is 19.1 Å². The first-order valence-corrected chi connectivity index (χ1v) is 7.03. The predicted molar refractivity (Wildman–Crippen MR) is 73.3 cm³/mol. The van der Waals surface area contributed by atoms with Crippen molar-refractivity contribution >= 4 is 19.2 Å². The number of aliphatic hydroxyl groups is 1. The van der Waals surface area contributed by atoms with Crippen LogP contribution in [0.4, 0.5) is 0 Å². The van der Waals surface area contributed by atoms with Gasteiger partial charge in [0.25, 0.3) is 0 Å². The van der Waals surface area contributed by atoms with Gasteiger partial charge >= 0.3 is 0 Å². The summed E-state index contributed by atoms with van der Waals surface area (Å²) >= 11 is 1.68. The molecule has 0 aromatic carbocycles. The third kappa shape index (κ3) is 4.03. The monoisotopic (exact) mass is 334 g/mol. The van der Waals surface area contributed by atoms with Crippen molar-refractivity contribution in [2.24, 2.45) is 17.8 Å². The molecule has 3 radical (unpaired) electrons. The maximum Gasteiger partial charge on any atom is 0.0708 e. The zero-order valence-electron chi connectivity index (χ0n) is 10.8. The van der Waals surface area contributed by atoms with Gasteiger partial charge in [-0.3, -0.25) is 0 Å². The Labute approximate surface area is 140 Å². The molecule has 1 nitrogen and oxygen atoms in total. The Kier molecular flexibility index (Phi) is 7.38. The summed E-state index contributed by atoms with van der Waals surface area (Å²) in [5.41, 5.74) is 0. The molecule has 1 aromatic heterocycles. The normalized spacial score (nSPS) is 31.7. The zero-order valence-corrected chi connectivity index (χ0v) is 14.4. The van der Waals surface area contributed by atoms with E-state index in [1.807, 2.05) is 12.1 Å². The number of thiophene rings is 1. The van der Waals surface area contributed by atoms with E-state index in [1.54, 1.807) is 11.3 Å². The minimum Gasteiger partial charge on any atom is -0.392 e. The third-order valence-corrected chi connectivity index (χ3v) is 4.56. The zero-order chi connectivity index (χ0) is 12.3. The molecule has 4 heteroatoms. The van der Waals surface area contributed by atoms with Crippen molar-refractivity contribution in [1.29, 1.82) is 0 Å². The number of allylic oxidation sites excluding steroid dienone is 1. The van der Waals surface area contributed by atoms with Crippen LogP contribution in [0.15, 0.2) is 24.3 Å². The quantitative estimate of drug-likeness (QED) is 0.510. The molecule has 4 unspecified atom stereocenters. The van der Waals surface area contributed by atoms with Crippen molar-refractivity contribution in [2.75, 3.05) is 0 Å². The van der Waals surface area contributed by atoms with Crippen LogP contribution in [0, 0.1) is 23.1 Å². The maximum atomic E-state index is 10.1. The van der Waals surface area contributed by atoms with E-state index in [0.717, 1.165) is 12.8 Å². The molecule has 0 aliphatic heterocycles. The van der Waals surface area contributed by atoms with Crippen LogP contribution in [0.25, 0.3) is 0 Å². The van der Waals surface area contributed by atoms with Crippen LogP contribution in [0.2, 0.25) is 6.32 Å². The molecule has 0 bridgehead atoms. The number of hydrogen-bond acceptors (Lipinski definition) is 2. The fourth-order valence-corrected chi connectivity index (χ4v) is 3.53. The molecule has 0 amide bonds. The second-order valence-electron chi connectivity index (χ2n) is 4.91. The first kappa shape index (κ1) is 16.6. The van der Waals surface area contributed by atoms with E-state index in [0.29, 0.717) is 18.2 Å². The smallest absolute Gasteiger partial charge is 0.0708 e. The Balaban J connectivity index is 0.00000162. The van der Waals surface area contributed by atoms with Gasteiger partial charge in [0.2, 0.25) is 0 Å². The molecular weight excluding hydrogens is 316 g/mol. The average Bonchev–Trinajstić information content (AvgIpc) is 2.88. The van der Waals surface area contributed by atoms with Crippen LogP contribution in [-0.2, 0) is 39.1 Å². The van der Waals surface area contributed by atoms with Crippen molar-refractivity contribution < 1.29 is 37.8 Å². The first-order chi connectivity index (χ1) is 8.22. The van der Waals surface area contributed by atoms with Crippen molar-refractivity contribution in [3.63, 3.8) is 0 Å². The van der Waals surface area contributed by atoms with Gasteiger partial charge in [-0.15, -0.1) is 10.3 Å². The van der Waals surface area contributed by atoms with Gasteiger partial charge < -0.3 is 16.4 Å². The summed E-state index contributed by atoms with van der Waals surface area (Å²) < 4.78 is 0. The molecule has 1 aliphatic rings. The molecule has 4 atom stereocenters. The number of hydrogen-bond donors (Lipinski definition) is 1. The Hall–Kier alpha value is 0.569. The Morgan fingerprint density at radius 3 is 3.00 bits per heavy atom. The fraction of sp³-hybridized carbons (Fsp3) is 0.571. The van der Waals surface area contributed by atoms with Crippen molar-refractivity contribution in [3.8, 4) is 0 Å². The summed E-state index contributed by atoms with van der Waals surface area (Å²) in [5.74, 6) is 1.36. The second kappa shape index (κ2) is 7.99. The Morgan fingerprint density at radius 1 is 1.61 bits per heavy atom. The molecule has 1 saturated carbocycles. The predicted octanol–water partition coefficient (Wildman–Crippen LogP) is 2.86. The van der Waals surface area contributed by atoms with Gasteiger partial charge in [-0.25, -0.2) is 6.07 Å². The molecule has 1 N–H and O–H groups in total. The van der Waals surface area contributed by atoms with Crippen LogP contribution in [0.3, 0.4) is 0 Å². The third-order valence-electron chi connectivity index (χ3n) is 3.74. The van der Waals surface area contributed by atoms with Gasteiger partial charge in [-0.05, 0) is 18.3 Å². The molecule has 0 spiro atoms. The minimum absolute atomic E-state index is 0. The van der Waals surface area contributed by atoms with E-state index in [1.165, 1.54) is 4.88 Å². The SMILES string of the molecule is [B]C/C=C/C1C(O)CC(C)C1Cc1cc[c-]s1.[Y]. The standard InChI is InChI=1S/C14H18BOS.Y/c1-10-8-14(16)12(5-2-6-15)13(10)9-11-4-3-7-17-11;/h2-5,10,12-14,16H,6,8-9H2,1H3;/q-1;/b5-2+;. The van der Waals surface area contributed by atoms with E-state index in [2.05, 4.69) is 24.4 Å². The number of rotatable bonds is 4. The summed E-state index contributed by atoms with van der Waals surface area (Å²) in [6, 6.07) is 4.10. The van der Waals surface area contributed by atoms with Gasteiger partial charge in [0, 0.05) is 38.6 Å². The van der Waals surface area contributed by atoms with Crippen molar-refractivity contribution in [3.05, 3.63) is 34.5 Å². The van der Waals surface area contributed by atoms with E-state index >= 15 is 0 Å². The van der Waals surface area contributed by atoms with Crippen molar-refractivity contribution in [1.82, 2.24) is 0 Å². The summed E-state index contributed by atoms with van der Waals surface area (Å²) in [4.78, 5) is 1.36. The molecule has 0 saturated heterocycles. The molecule has 1 fully saturated rings. The van der Waals surface area contributed by atoms with E-state index in [-0.39, 0.29) is 44.7 Å². The molecule has 1 aliphatic carbocycles. The minimum atomic E-state index is -0.207. The molecular formula is C14H18BOSY-. The van der Waals surface area contributed by atoms with Gasteiger partial charge in [0.1, 0.15) is 0 Å². The Bertz CT molecular complexity index is 366. The van der Waals surface area contributed by atoms with Crippen molar-refractivity contribution in [2.45, 2.75) is 32.2 Å². The first-order valence-electron chi connectivity index (χ1n) is 6.22. The van der Waals surface area contributed by atoms with Gasteiger partial charge in [-0.1, -0.05) is 31.8 Å². The molecule has 2 rings (SSSR count). The fourth-order valence-electron chi connectivity index (χ4n) is 2.83. The van der Waals surface area contributed by atoms with Crippen LogP contribution in [0.5, 0.6) is 0 Å². The topological polar surface area (TPSA) is 20.2 Å². The summed E-state index contributed by atoms with van der Waals surface area (Å²) in [5, 5.41) is 13.2. The van der Waals surface area contributed by atoms with Crippen LogP contribution in [0.1, 0.15) is 18.2 Å². The molecule has 1 heterocycles. The van der Waals surface area contributed by atoms with E-state index < -0.39 is 0 Å². The largest absolute Gasteiger partial charge is 0.392 e. The average molecular weight is 334 g/mol. The summed E-state index contributed by atoms with van der Waals surface area (Å²) in [6.07, 6.45) is 6.37. The molecule has 93 valence electrons. The van der Waals surface area contributed by atoms with Gasteiger partial charge in [-0.2, -0.15) is 6.07 Å².